The molecule has 1 aliphatic rings. The Kier molecular flexibility index (Phi) is 6.74. The molecule has 1 saturated heterocycles. The number of rotatable bonds is 7. The van der Waals surface area contributed by atoms with Gasteiger partial charge in [0.15, 0.2) is 0 Å². The van der Waals surface area contributed by atoms with E-state index in [4.69, 9.17) is 0 Å². The molecule has 3 heterocycles. The molecule has 6 nitrogen and oxygen atoms in total. The molecule has 1 N–H and O–H groups in total. The summed E-state index contributed by atoms with van der Waals surface area (Å²) in [7, 11) is 0. The maximum atomic E-state index is 13.7. The molecule has 1 aromatic carbocycles. The summed E-state index contributed by atoms with van der Waals surface area (Å²) < 4.78 is 29.0. The first-order valence-electron chi connectivity index (χ1n) is 11.6. The van der Waals surface area contributed by atoms with Crippen LogP contribution < -0.4 is 10.9 Å². The van der Waals surface area contributed by atoms with Crippen molar-refractivity contribution in [3.05, 3.63) is 64.1 Å². The summed E-state index contributed by atoms with van der Waals surface area (Å²) in [4.78, 5) is 23.3. The zero-order valence-corrected chi connectivity index (χ0v) is 19.4. The van der Waals surface area contributed by atoms with Gasteiger partial charge in [-0.05, 0) is 50.4 Å². The highest BCUT2D eigenvalue weighted by molar-refractivity contribution is 5.75. The largest absolute Gasteiger partial charge is 0.348 e. The number of hydrogen-bond donors (Lipinski definition) is 1. The standard InChI is InChI=1S/C25H31F2N5O/c1-4-17(2)32-22(33)11-10-21-14-28-24(30-23(21)32)29-18(3)20-8-6-19(7-9-20)15-31-13-5-12-25(26,27)16-31/h6-11,14,17-18H,4-5,12-13,15-16H2,1-3H3,(H,28,29,30)/t17-,18+/m1/s1. The second-order valence-corrected chi connectivity index (χ2v) is 9.05. The molecule has 0 radical (unpaired) electrons. The Bertz CT molecular complexity index is 1160. The van der Waals surface area contributed by atoms with Gasteiger partial charge >= 0.3 is 0 Å². The predicted molar refractivity (Wildman–Crippen MR) is 127 cm³/mol. The van der Waals surface area contributed by atoms with Crippen molar-refractivity contribution in [2.24, 2.45) is 0 Å². The van der Waals surface area contributed by atoms with Crippen molar-refractivity contribution in [1.82, 2.24) is 19.4 Å². The van der Waals surface area contributed by atoms with Gasteiger partial charge in [0.2, 0.25) is 5.95 Å². The van der Waals surface area contributed by atoms with Crippen LogP contribution in [-0.4, -0.2) is 38.4 Å². The zero-order valence-electron chi connectivity index (χ0n) is 19.4. The highest BCUT2D eigenvalue weighted by Gasteiger charge is 2.34. The lowest BCUT2D eigenvalue weighted by Gasteiger charge is -2.32. The van der Waals surface area contributed by atoms with Crippen LogP contribution in [0.2, 0.25) is 0 Å². The van der Waals surface area contributed by atoms with Crippen molar-refractivity contribution in [1.29, 1.82) is 0 Å². The summed E-state index contributed by atoms with van der Waals surface area (Å²) in [6, 6.07) is 11.3. The molecule has 1 aliphatic heterocycles. The smallest absolute Gasteiger partial charge is 0.260 e. The van der Waals surface area contributed by atoms with Gasteiger partial charge in [0, 0.05) is 36.7 Å². The van der Waals surface area contributed by atoms with Crippen molar-refractivity contribution >= 4 is 17.0 Å². The molecular weight excluding hydrogens is 424 g/mol. The van der Waals surface area contributed by atoms with Gasteiger partial charge in [0.25, 0.3) is 11.5 Å². The molecule has 0 amide bonds. The minimum atomic E-state index is -2.59. The van der Waals surface area contributed by atoms with Crippen LogP contribution >= 0.6 is 0 Å². The van der Waals surface area contributed by atoms with Crippen LogP contribution in [0.3, 0.4) is 0 Å². The Labute approximate surface area is 192 Å². The van der Waals surface area contributed by atoms with E-state index >= 15 is 0 Å². The fraction of sp³-hybridized carbons (Fsp3) is 0.480. The van der Waals surface area contributed by atoms with Crippen LogP contribution in [-0.2, 0) is 6.54 Å². The Morgan fingerprint density at radius 2 is 1.91 bits per heavy atom. The van der Waals surface area contributed by atoms with Gasteiger partial charge in [-0.25, -0.2) is 13.8 Å². The zero-order chi connectivity index (χ0) is 23.6. The monoisotopic (exact) mass is 455 g/mol. The van der Waals surface area contributed by atoms with E-state index in [1.165, 1.54) is 0 Å². The van der Waals surface area contributed by atoms with Gasteiger partial charge in [-0.15, -0.1) is 0 Å². The van der Waals surface area contributed by atoms with Crippen molar-refractivity contribution in [3.8, 4) is 0 Å². The summed E-state index contributed by atoms with van der Waals surface area (Å²) in [5, 5.41) is 4.14. The molecule has 0 bridgehead atoms. The number of nitrogens with zero attached hydrogens (tertiary/aromatic N) is 4. The van der Waals surface area contributed by atoms with E-state index in [9.17, 15) is 13.6 Å². The summed E-state index contributed by atoms with van der Waals surface area (Å²) >= 11 is 0. The predicted octanol–water partition coefficient (Wildman–Crippen LogP) is 5.17. The fourth-order valence-corrected chi connectivity index (χ4v) is 4.34. The Morgan fingerprint density at radius 1 is 1.15 bits per heavy atom. The number of fused-ring (bicyclic) bond motifs is 1. The normalized spacial score (nSPS) is 18.2. The molecule has 0 unspecified atom stereocenters. The molecule has 3 aromatic rings. The van der Waals surface area contributed by atoms with Gasteiger partial charge in [0.1, 0.15) is 5.65 Å². The van der Waals surface area contributed by atoms with Gasteiger partial charge in [0.05, 0.1) is 12.6 Å². The summed E-state index contributed by atoms with van der Waals surface area (Å²) in [5.41, 5.74) is 2.61. The molecule has 2 aromatic heterocycles. The van der Waals surface area contributed by atoms with E-state index < -0.39 is 5.92 Å². The molecule has 2 atom stereocenters. The highest BCUT2D eigenvalue weighted by Crippen LogP contribution is 2.28. The number of likely N-dealkylation sites (tertiary alicyclic amines) is 1. The first-order valence-corrected chi connectivity index (χ1v) is 11.6. The molecule has 8 heteroatoms. The minimum absolute atomic E-state index is 0.0179. The molecular formula is C25H31F2N5O. The lowest BCUT2D eigenvalue weighted by molar-refractivity contribution is -0.0661. The Hall–Kier alpha value is -2.87. The van der Waals surface area contributed by atoms with Crippen LogP contribution in [0.5, 0.6) is 0 Å². The topological polar surface area (TPSA) is 63.1 Å². The van der Waals surface area contributed by atoms with Crippen molar-refractivity contribution < 1.29 is 8.78 Å². The minimum Gasteiger partial charge on any atom is -0.348 e. The average Bonchev–Trinajstić information content (AvgIpc) is 2.78. The third-order valence-corrected chi connectivity index (χ3v) is 6.40. The van der Waals surface area contributed by atoms with Gasteiger partial charge in [-0.1, -0.05) is 31.2 Å². The van der Waals surface area contributed by atoms with Crippen molar-refractivity contribution in [2.45, 2.75) is 64.6 Å². The quantitative estimate of drug-likeness (QED) is 0.533. The fourth-order valence-electron chi connectivity index (χ4n) is 4.34. The van der Waals surface area contributed by atoms with E-state index in [1.54, 1.807) is 22.9 Å². The van der Waals surface area contributed by atoms with Crippen LogP contribution in [0.25, 0.3) is 11.0 Å². The van der Waals surface area contributed by atoms with Crippen LogP contribution in [0.15, 0.2) is 47.4 Å². The average molecular weight is 456 g/mol. The van der Waals surface area contributed by atoms with Crippen molar-refractivity contribution in [3.63, 3.8) is 0 Å². The maximum Gasteiger partial charge on any atom is 0.260 e. The number of benzene rings is 1. The van der Waals surface area contributed by atoms with Gasteiger partial charge < -0.3 is 5.32 Å². The number of halogens is 2. The molecule has 4 rings (SSSR count). The van der Waals surface area contributed by atoms with Gasteiger partial charge in [-0.2, -0.15) is 4.98 Å². The van der Waals surface area contributed by atoms with Gasteiger partial charge in [-0.3, -0.25) is 14.3 Å². The number of piperidine rings is 1. The number of alkyl halides is 2. The number of anilines is 1. The van der Waals surface area contributed by atoms with E-state index in [-0.39, 0.29) is 30.6 Å². The molecule has 0 saturated carbocycles. The third kappa shape index (κ3) is 5.38. The summed E-state index contributed by atoms with van der Waals surface area (Å²) in [6.07, 6.45) is 3.06. The Balaban J connectivity index is 1.48. The van der Waals surface area contributed by atoms with E-state index in [2.05, 4.69) is 15.3 Å². The van der Waals surface area contributed by atoms with E-state index in [0.717, 1.165) is 22.9 Å². The molecule has 33 heavy (non-hydrogen) atoms. The summed E-state index contributed by atoms with van der Waals surface area (Å²) in [5.74, 6) is -2.13. The molecule has 176 valence electrons. The molecule has 1 fully saturated rings. The molecule has 0 aliphatic carbocycles. The van der Waals surface area contributed by atoms with E-state index in [0.29, 0.717) is 31.1 Å². The lowest BCUT2D eigenvalue weighted by atomic mass is 10.0. The number of nitrogens with one attached hydrogen (secondary N) is 1. The van der Waals surface area contributed by atoms with Crippen LogP contribution in [0.4, 0.5) is 14.7 Å². The second-order valence-electron chi connectivity index (χ2n) is 9.05. The second kappa shape index (κ2) is 9.55. The Morgan fingerprint density at radius 3 is 2.61 bits per heavy atom. The van der Waals surface area contributed by atoms with Crippen molar-refractivity contribution in [2.75, 3.05) is 18.4 Å². The first-order chi connectivity index (χ1) is 15.8. The SMILES string of the molecule is CC[C@@H](C)n1c(=O)ccc2cnc(N[C@@H](C)c3ccc(CN4CCCC(F)(F)C4)cc3)nc21. The maximum absolute atomic E-state index is 13.7. The number of hydrogen-bond acceptors (Lipinski definition) is 5. The highest BCUT2D eigenvalue weighted by atomic mass is 19.3. The lowest BCUT2D eigenvalue weighted by Crippen LogP contribution is -2.41. The van der Waals surface area contributed by atoms with E-state index in [1.807, 2.05) is 49.9 Å². The number of pyridine rings is 1. The third-order valence-electron chi connectivity index (χ3n) is 6.40. The number of aromatic nitrogens is 3. The summed E-state index contributed by atoms with van der Waals surface area (Å²) in [6.45, 7) is 7.12. The first kappa shape index (κ1) is 23.3. The molecule has 0 spiro atoms. The van der Waals surface area contributed by atoms with Crippen LogP contribution in [0, 0.1) is 0 Å². The van der Waals surface area contributed by atoms with Crippen LogP contribution in [0.1, 0.15) is 63.2 Å².